The van der Waals surface area contributed by atoms with Crippen molar-refractivity contribution in [2.24, 2.45) is 0 Å². The van der Waals surface area contributed by atoms with E-state index in [1.165, 1.54) is 17.7 Å². The van der Waals surface area contributed by atoms with Crippen LogP contribution in [0.4, 0.5) is 0 Å². The first-order valence-corrected chi connectivity index (χ1v) is 9.82. The third-order valence-electron chi connectivity index (χ3n) is 4.44. The first kappa shape index (κ1) is 18.2. The zero-order valence-electron chi connectivity index (χ0n) is 14.3. The molecule has 25 heavy (non-hydrogen) atoms. The minimum Gasteiger partial charge on any atom is -0.484 e. The summed E-state index contributed by atoms with van der Waals surface area (Å²) in [6.45, 7) is 4.74. The van der Waals surface area contributed by atoms with Crippen molar-refractivity contribution in [2.45, 2.75) is 25.8 Å². The van der Waals surface area contributed by atoms with Crippen molar-refractivity contribution in [1.82, 2.24) is 10.2 Å². The first-order chi connectivity index (χ1) is 12.1. The number of hydrogen-bond donors (Lipinski definition) is 1. The molecule has 0 saturated carbocycles. The molecule has 0 aliphatic carbocycles. The summed E-state index contributed by atoms with van der Waals surface area (Å²) in [5, 5.41) is 5.78. The van der Waals surface area contributed by atoms with Crippen LogP contribution in [0.3, 0.4) is 0 Å². The second-order valence-electron chi connectivity index (χ2n) is 6.28. The number of carbonyl (C=O) groups excluding carboxylic acids is 1. The highest BCUT2D eigenvalue weighted by Gasteiger charge is 2.24. The van der Waals surface area contributed by atoms with Gasteiger partial charge < -0.3 is 10.1 Å². The van der Waals surface area contributed by atoms with Gasteiger partial charge in [0.1, 0.15) is 5.75 Å². The molecule has 1 aliphatic rings. The van der Waals surface area contributed by atoms with Crippen molar-refractivity contribution >= 4 is 28.8 Å². The molecule has 3 rings (SSSR count). The van der Waals surface area contributed by atoms with Crippen LogP contribution < -0.4 is 10.1 Å². The van der Waals surface area contributed by atoms with E-state index in [9.17, 15) is 4.79 Å². The van der Waals surface area contributed by atoms with E-state index in [1.54, 1.807) is 23.5 Å². The number of thiophene rings is 1. The Morgan fingerprint density at radius 2 is 2.16 bits per heavy atom. The van der Waals surface area contributed by atoms with E-state index in [2.05, 4.69) is 27.7 Å². The summed E-state index contributed by atoms with van der Waals surface area (Å²) in [6, 6.07) is 9.86. The van der Waals surface area contributed by atoms with Gasteiger partial charge in [0.05, 0.1) is 6.04 Å². The van der Waals surface area contributed by atoms with Gasteiger partial charge in [0.15, 0.2) is 6.61 Å². The fourth-order valence-electron chi connectivity index (χ4n) is 3.12. The molecule has 1 aromatic carbocycles. The monoisotopic (exact) mass is 378 g/mol. The molecule has 1 saturated heterocycles. The fourth-order valence-corrected chi connectivity index (χ4v) is 4.21. The molecule has 1 atom stereocenters. The van der Waals surface area contributed by atoms with Crippen LogP contribution >= 0.6 is 22.9 Å². The quantitative estimate of drug-likeness (QED) is 0.790. The van der Waals surface area contributed by atoms with Crippen molar-refractivity contribution in [3.05, 3.63) is 51.2 Å². The third-order valence-corrected chi connectivity index (χ3v) is 5.65. The lowest BCUT2D eigenvalue weighted by atomic mass is 10.2. The Balaban J connectivity index is 1.53. The van der Waals surface area contributed by atoms with Crippen molar-refractivity contribution in [3.63, 3.8) is 0 Å². The van der Waals surface area contributed by atoms with Gasteiger partial charge in [0.2, 0.25) is 0 Å². The lowest BCUT2D eigenvalue weighted by Gasteiger charge is -2.26. The summed E-state index contributed by atoms with van der Waals surface area (Å²) >= 11 is 7.68. The maximum absolute atomic E-state index is 12.2. The molecule has 6 heteroatoms. The number of aryl methyl sites for hydroxylation is 1. The highest BCUT2D eigenvalue weighted by atomic mass is 35.5. The molecule has 1 aromatic heterocycles. The maximum Gasteiger partial charge on any atom is 0.258 e. The molecule has 2 heterocycles. The highest BCUT2D eigenvalue weighted by molar-refractivity contribution is 7.10. The second kappa shape index (κ2) is 8.70. The van der Waals surface area contributed by atoms with Crippen LogP contribution in [0.15, 0.2) is 35.7 Å². The van der Waals surface area contributed by atoms with Gasteiger partial charge in [-0.25, -0.2) is 0 Å². The van der Waals surface area contributed by atoms with E-state index in [0.717, 1.165) is 18.7 Å². The summed E-state index contributed by atoms with van der Waals surface area (Å²) in [5.41, 5.74) is 0.925. The SMILES string of the molecule is Cc1cc(Cl)ccc1OCC(=O)NCC(c1cccs1)N1CCCC1. The van der Waals surface area contributed by atoms with E-state index < -0.39 is 0 Å². The molecule has 0 bridgehead atoms. The predicted octanol–water partition coefficient (Wildman–Crippen LogP) is 4.04. The van der Waals surface area contributed by atoms with Crippen molar-refractivity contribution in [2.75, 3.05) is 26.2 Å². The smallest absolute Gasteiger partial charge is 0.258 e. The Labute approximate surface area is 157 Å². The zero-order chi connectivity index (χ0) is 17.6. The van der Waals surface area contributed by atoms with Crippen LogP contribution in [-0.2, 0) is 4.79 Å². The van der Waals surface area contributed by atoms with E-state index in [-0.39, 0.29) is 18.6 Å². The lowest BCUT2D eigenvalue weighted by Crippen LogP contribution is -2.38. The molecule has 1 fully saturated rings. The number of halogens is 1. The molecule has 2 aromatic rings. The van der Waals surface area contributed by atoms with Gasteiger partial charge in [-0.1, -0.05) is 17.7 Å². The van der Waals surface area contributed by atoms with Crippen LogP contribution in [0, 0.1) is 6.92 Å². The van der Waals surface area contributed by atoms with E-state index in [4.69, 9.17) is 16.3 Å². The molecule has 0 spiro atoms. The molecule has 134 valence electrons. The first-order valence-electron chi connectivity index (χ1n) is 8.56. The lowest BCUT2D eigenvalue weighted by molar-refractivity contribution is -0.123. The predicted molar refractivity (Wildman–Crippen MR) is 103 cm³/mol. The van der Waals surface area contributed by atoms with Crippen LogP contribution in [0.2, 0.25) is 5.02 Å². The van der Waals surface area contributed by atoms with Gasteiger partial charge in [0.25, 0.3) is 5.91 Å². The summed E-state index contributed by atoms with van der Waals surface area (Å²) in [7, 11) is 0. The van der Waals surface area contributed by atoms with Gasteiger partial charge >= 0.3 is 0 Å². The zero-order valence-corrected chi connectivity index (χ0v) is 15.9. The molecule has 0 radical (unpaired) electrons. The normalized spacial score (nSPS) is 15.9. The van der Waals surface area contributed by atoms with E-state index in [0.29, 0.717) is 17.3 Å². The average Bonchev–Trinajstić information content (AvgIpc) is 3.28. The van der Waals surface area contributed by atoms with Crippen LogP contribution in [-0.4, -0.2) is 37.0 Å². The Hall–Kier alpha value is -1.56. The Bertz CT molecular complexity index is 699. The summed E-state index contributed by atoms with van der Waals surface area (Å²) < 4.78 is 5.62. The Morgan fingerprint density at radius 3 is 2.84 bits per heavy atom. The van der Waals surface area contributed by atoms with E-state index >= 15 is 0 Å². The Kier molecular flexibility index (Phi) is 6.34. The van der Waals surface area contributed by atoms with Gasteiger partial charge in [-0.3, -0.25) is 9.69 Å². The number of carbonyl (C=O) groups is 1. The molecule has 1 amide bonds. The van der Waals surface area contributed by atoms with Gasteiger partial charge in [-0.2, -0.15) is 0 Å². The number of benzene rings is 1. The Morgan fingerprint density at radius 1 is 1.36 bits per heavy atom. The van der Waals surface area contributed by atoms with Crippen molar-refractivity contribution < 1.29 is 9.53 Å². The van der Waals surface area contributed by atoms with Crippen molar-refractivity contribution in [3.8, 4) is 5.75 Å². The maximum atomic E-state index is 12.2. The van der Waals surface area contributed by atoms with Crippen LogP contribution in [0.1, 0.15) is 29.3 Å². The van der Waals surface area contributed by atoms with Gasteiger partial charge in [-0.15, -0.1) is 11.3 Å². The summed E-state index contributed by atoms with van der Waals surface area (Å²) in [4.78, 5) is 16.0. The minimum absolute atomic E-state index is 0.0135. The number of nitrogens with one attached hydrogen (secondary N) is 1. The molecule has 1 aliphatic heterocycles. The second-order valence-corrected chi connectivity index (χ2v) is 7.69. The molecular formula is C19H23ClN2O2S. The number of hydrogen-bond acceptors (Lipinski definition) is 4. The van der Waals surface area contributed by atoms with Crippen LogP contribution in [0.25, 0.3) is 0 Å². The number of nitrogens with zero attached hydrogens (tertiary/aromatic N) is 1. The molecule has 4 nitrogen and oxygen atoms in total. The van der Waals surface area contributed by atoms with Crippen LogP contribution in [0.5, 0.6) is 5.75 Å². The number of likely N-dealkylation sites (tertiary alicyclic amines) is 1. The average molecular weight is 379 g/mol. The molecular weight excluding hydrogens is 356 g/mol. The fraction of sp³-hybridized carbons (Fsp3) is 0.421. The van der Waals surface area contributed by atoms with E-state index in [1.807, 2.05) is 13.0 Å². The highest BCUT2D eigenvalue weighted by Crippen LogP contribution is 2.28. The number of rotatable bonds is 7. The largest absolute Gasteiger partial charge is 0.484 e. The van der Waals surface area contributed by atoms with Gasteiger partial charge in [0, 0.05) is 16.4 Å². The topological polar surface area (TPSA) is 41.6 Å². The molecule has 1 unspecified atom stereocenters. The van der Waals surface area contributed by atoms with Gasteiger partial charge in [-0.05, 0) is 68.1 Å². The minimum atomic E-state index is -0.102. The van der Waals surface area contributed by atoms with Crippen molar-refractivity contribution in [1.29, 1.82) is 0 Å². The standard InChI is InChI=1S/C19H23ClN2O2S/c1-14-11-15(20)6-7-17(14)24-13-19(23)21-12-16(18-5-4-10-25-18)22-8-2-3-9-22/h4-7,10-11,16H,2-3,8-9,12-13H2,1H3,(H,21,23). The summed E-state index contributed by atoms with van der Waals surface area (Å²) in [5.74, 6) is 0.587. The number of ether oxygens (including phenoxy) is 1. The number of amides is 1. The summed E-state index contributed by atoms with van der Waals surface area (Å²) in [6.07, 6.45) is 2.46. The third kappa shape index (κ3) is 4.97. The molecule has 1 N–H and O–H groups in total.